The molecule has 0 aliphatic rings. The first-order valence-electron chi connectivity index (χ1n) is 6.81. The molecule has 112 valence electrons. The van der Waals surface area contributed by atoms with Crippen molar-refractivity contribution in [2.24, 2.45) is 0 Å². The summed E-state index contributed by atoms with van der Waals surface area (Å²) in [6.07, 6.45) is -0.528. The van der Waals surface area contributed by atoms with E-state index in [-0.39, 0.29) is 5.92 Å². The van der Waals surface area contributed by atoms with Crippen molar-refractivity contribution >= 4 is 23.2 Å². The highest BCUT2D eigenvalue weighted by atomic mass is 35.5. The Balaban J connectivity index is 2.42. The summed E-state index contributed by atoms with van der Waals surface area (Å²) in [6, 6.07) is 15.5. The number of halogens is 2. The molecular formula is C17H19Cl2NO. The van der Waals surface area contributed by atoms with Gasteiger partial charge < -0.3 is 10.0 Å². The fraction of sp³-hybridized carbons (Fsp3) is 0.294. The topological polar surface area (TPSA) is 23.5 Å². The second kappa shape index (κ2) is 7.28. The van der Waals surface area contributed by atoms with Gasteiger partial charge in [-0.05, 0) is 37.4 Å². The summed E-state index contributed by atoms with van der Waals surface area (Å²) in [7, 11) is 3.89. The summed E-state index contributed by atoms with van der Waals surface area (Å²) in [4.78, 5) is 1.97. The highest BCUT2D eigenvalue weighted by molar-refractivity contribution is 6.42. The zero-order valence-electron chi connectivity index (χ0n) is 12.1. The second-order valence-corrected chi connectivity index (χ2v) is 6.21. The van der Waals surface area contributed by atoms with Crippen LogP contribution in [0.4, 0.5) is 0 Å². The summed E-state index contributed by atoms with van der Waals surface area (Å²) in [5.74, 6) is -0.136. The third kappa shape index (κ3) is 4.21. The molecule has 0 saturated heterocycles. The lowest BCUT2D eigenvalue weighted by Crippen LogP contribution is -2.31. The Labute approximate surface area is 135 Å². The number of hydrogen-bond acceptors (Lipinski definition) is 2. The summed E-state index contributed by atoms with van der Waals surface area (Å²) < 4.78 is 0. The zero-order chi connectivity index (χ0) is 15.4. The van der Waals surface area contributed by atoms with Crippen molar-refractivity contribution in [3.8, 4) is 0 Å². The third-order valence-corrected chi connectivity index (χ3v) is 4.14. The summed E-state index contributed by atoms with van der Waals surface area (Å²) in [6.45, 7) is 0.569. The lowest BCUT2D eigenvalue weighted by Gasteiger charge is -2.26. The van der Waals surface area contributed by atoms with Gasteiger partial charge in [-0.15, -0.1) is 0 Å². The van der Waals surface area contributed by atoms with Gasteiger partial charge in [0.25, 0.3) is 0 Å². The van der Waals surface area contributed by atoms with E-state index in [1.165, 1.54) is 0 Å². The normalized spacial score (nSPS) is 14.2. The molecule has 2 aromatic carbocycles. The molecule has 0 aliphatic carbocycles. The van der Waals surface area contributed by atoms with E-state index in [9.17, 15) is 5.11 Å². The van der Waals surface area contributed by atoms with Gasteiger partial charge in [-0.25, -0.2) is 0 Å². The van der Waals surface area contributed by atoms with Gasteiger partial charge >= 0.3 is 0 Å². The number of nitrogens with zero attached hydrogens (tertiary/aromatic N) is 1. The lowest BCUT2D eigenvalue weighted by molar-refractivity contribution is 0.121. The molecule has 1 N–H and O–H groups in total. The van der Waals surface area contributed by atoms with Crippen molar-refractivity contribution in [3.05, 3.63) is 69.7 Å². The van der Waals surface area contributed by atoms with Crippen LogP contribution in [0.25, 0.3) is 0 Å². The minimum atomic E-state index is -0.528. The number of likely N-dealkylation sites (N-methyl/N-ethyl adjacent to an activating group) is 1. The minimum absolute atomic E-state index is 0.136. The van der Waals surface area contributed by atoms with Crippen molar-refractivity contribution in [1.82, 2.24) is 4.90 Å². The number of rotatable bonds is 5. The standard InChI is InChI=1S/C17H19Cl2NO/c1-20(2)11-16(21)17(12-6-4-3-5-7-12)13-8-9-14(18)15(19)10-13/h3-10,16-17,21H,11H2,1-2H3/t16-,17+/m0/s1. The molecule has 0 aliphatic heterocycles. The van der Waals surface area contributed by atoms with Crippen LogP contribution in [0.1, 0.15) is 17.0 Å². The van der Waals surface area contributed by atoms with E-state index in [2.05, 4.69) is 0 Å². The van der Waals surface area contributed by atoms with Gasteiger partial charge in [0, 0.05) is 12.5 Å². The molecule has 0 bridgehead atoms. The quantitative estimate of drug-likeness (QED) is 0.897. The fourth-order valence-corrected chi connectivity index (χ4v) is 2.79. The monoisotopic (exact) mass is 323 g/mol. The maximum absolute atomic E-state index is 10.6. The predicted octanol–water partition coefficient (Wildman–Crippen LogP) is 4.05. The molecule has 0 spiro atoms. The highest BCUT2D eigenvalue weighted by Gasteiger charge is 2.24. The predicted molar refractivity (Wildman–Crippen MR) is 89.3 cm³/mol. The smallest absolute Gasteiger partial charge is 0.0775 e. The van der Waals surface area contributed by atoms with Crippen molar-refractivity contribution in [2.75, 3.05) is 20.6 Å². The van der Waals surface area contributed by atoms with Crippen molar-refractivity contribution in [1.29, 1.82) is 0 Å². The molecule has 0 fully saturated rings. The van der Waals surface area contributed by atoms with E-state index in [0.717, 1.165) is 11.1 Å². The average molecular weight is 324 g/mol. The SMILES string of the molecule is CN(C)C[C@H](O)[C@H](c1ccccc1)c1ccc(Cl)c(Cl)c1. The van der Waals surface area contributed by atoms with Crippen LogP contribution in [-0.2, 0) is 0 Å². The van der Waals surface area contributed by atoms with Crippen LogP contribution in [0.15, 0.2) is 48.5 Å². The van der Waals surface area contributed by atoms with Gasteiger partial charge in [-0.2, -0.15) is 0 Å². The molecule has 0 aromatic heterocycles. The van der Waals surface area contributed by atoms with Crippen LogP contribution >= 0.6 is 23.2 Å². The fourth-order valence-electron chi connectivity index (χ4n) is 2.48. The molecule has 2 rings (SSSR count). The van der Waals surface area contributed by atoms with E-state index >= 15 is 0 Å². The molecule has 0 amide bonds. The Morgan fingerprint density at radius 3 is 2.19 bits per heavy atom. The van der Waals surface area contributed by atoms with E-state index in [4.69, 9.17) is 23.2 Å². The van der Waals surface area contributed by atoms with Crippen LogP contribution in [0.3, 0.4) is 0 Å². The minimum Gasteiger partial charge on any atom is -0.391 e. The third-order valence-electron chi connectivity index (χ3n) is 3.40. The molecule has 2 nitrogen and oxygen atoms in total. The Morgan fingerprint density at radius 2 is 1.62 bits per heavy atom. The molecule has 0 unspecified atom stereocenters. The number of benzene rings is 2. The first-order chi connectivity index (χ1) is 9.99. The van der Waals surface area contributed by atoms with Crippen LogP contribution in [0, 0.1) is 0 Å². The van der Waals surface area contributed by atoms with E-state index < -0.39 is 6.10 Å². The summed E-state index contributed by atoms with van der Waals surface area (Å²) in [5.41, 5.74) is 2.02. The Kier molecular flexibility index (Phi) is 5.65. The molecule has 21 heavy (non-hydrogen) atoms. The van der Waals surface area contributed by atoms with Gasteiger partial charge in [0.05, 0.1) is 16.1 Å². The first kappa shape index (κ1) is 16.3. The molecule has 4 heteroatoms. The lowest BCUT2D eigenvalue weighted by atomic mass is 9.86. The van der Waals surface area contributed by atoms with Gasteiger partial charge in [-0.3, -0.25) is 0 Å². The van der Waals surface area contributed by atoms with Gasteiger partial charge in [0.15, 0.2) is 0 Å². The first-order valence-corrected chi connectivity index (χ1v) is 7.57. The maximum atomic E-state index is 10.6. The maximum Gasteiger partial charge on any atom is 0.0775 e. The number of aliphatic hydroxyl groups excluding tert-OH is 1. The Bertz CT molecular complexity index is 587. The Morgan fingerprint density at radius 1 is 0.952 bits per heavy atom. The van der Waals surface area contributed by atoms with E-state index in [1.807, 2.05) is 61.5 Å². The number of hydrogen-bond donors (Lipinski definition) is 1. The largest absolute Gasteiger partial charge is 0.391 e. The summed E-state index contributed by atoms with van der Waals surface area (Å²) in [5, 5.41) is 11.7. The van der Waals surface area contributed by atoms with Gasteiger partial charge in [0.1, 0.15) is 0 Å². The van der Waals surface area contributed by atoms with Crippen molar-refractivity contribution in [3.63, 3.8) is 0 Å². The molecule has 0 saturated carbocycles. The molecular weight excluding hydrogens is 305 g/mol. The van der Waals surface area contributed by atoms with E-state index in [0.29, 0.717) is 16.6 Å². The van der Waals surface area contributed by atoms with Gasteiger partial charge in [-0.1, -0.05) is 59.6 Å². The van der Waals surface area contributed by atoms with Crippen molar-refractivity contribution < 1.29 is 5.11 Å². The van der Waals surface area contributed by atoms with Crippen LogP contribution in [0.5, 0.6) is 0 Å². The van der Waals surface area contributed by atoms with Gasteiger partial charge in [0.2, 0.25) is 0 Å². The summed E-state index contributed by atoms with van der Waals surface area (Å²) >= 11 is 12.1. The highest BCUT2D eigenvalue weighted by Crippen LogP contribution is 2.32. The van der Waals surface area contributed by atoms with Crippen LogP contribution in [0.2, 0.25) is 10.0 Å². The zero-order valence-corrected chi connectivity index (χ0v) is 13.6. The van der Waals surface area contributed by atoms with Crippen LogP contribution < -0.4 is 0 Å². The van der Waals surface area contributed by atoms with Crippen LogP contribution in [-0.4, -0.2) is 36.8 Å². The second-order valence-electron chi connectivity index (χ2n) is 5.39. The van der Waals surface area contributed by atoms with Crippen molar-refractivity contribution in [2.45, 2.75) is 12.0 Å². The molecule has 0 radical (unpaired) electrons. The Hall–Kier alpha value is -1.06. The average Bonchev–Trinajstić information content (AvgIpc) is 2.43. The number of aliphatic hydroxyl groups is 1. The molecule has 0 heterocycles. The molecule has 2 aromatic rings. The molecule has 2 atom stereocenters. The van der Waals surface area contributed by atoms with E-state index in [1.54, 1.807) is 6.07 Å².